The predicted molar refractivity (Wildman–Crippen MR) is 59.5 cm³/mol. The highest BCUT2D eigenvalue weighted by Gasteiger charge is 2.14. The first-order valence-corrected chi connectivity index (χ1v) is 5.02. The molecule has 0 aliphatic carbocycles. The lowest BCUT2D eigenvalue weighted by Crippen LogP contribution is -2.15. The molecule has 0 aliphatic heterocycles. The summed E-state index contributed by atoms with van der Waals surface area (Å²) in [4.78, 5) is 11.2. The van der Waals surface area contributed by atoms with E-state index in [1.54, 1.807) is 25.1 Å². The number of aromatic hydroxyl groups is 1. The molecular formula is C12H16O4. The molecule has 0 saturated heterocycles. The third-order valence-electron chi connectivity index (χ3n) is 2.39. The fourth-order valence-corrected chi connectivity index (χ4v) is 1.49. The third kappa shape index (κ3) is 2.89. The Balaban J connectivity index is 2.78. The maximum atomic E-state index is 11.2. The average Bonchev–Trinajstić information content (AvgIpc) is 2.30. The van der Waals surface area contributed by atoms with E-state index in [1.807, 2.05) is 0 Å². The maximum absolute atomic E-state index is 11.2. The smallest absolute Gasteiger partial charge is 0.308 e. The minimum Gasteiger partial charge on any atom is -0.504 e. The summed E-state index contributed by atoms with van der Waals surface area (Å²) in [6.07, 6.45) is 0.559. The summed E-state index contributed by atoms with van der Waals surface area (Å²) >= 11 is 0. The van der Waals surface area contributed by atoms with Crippen molar-refractivity contribution in [2.75, 3.05) is 14.2 Å². The molecule has 4 nitrogen and oxygen atoms in total. The standard InChI is InChI=1S/C12H16O4/c1-8(12(14)16-3)6-9-4-5-10(13)11(7-9)15-2/h4-5,7-8,13H,6H2,1-3H3. The van der Waals surface area contributed by atoms with Crippen molar-refractivity contribution in [3.05, 3.63) is 23.8 Å². The molecule has 1 aromatic carbocycles. The lowest BCUT2D eigenvalue weighted by atomic mass is 10.0. The van der Waals surface area contributed by atoms with Gasteiger partial charge in [-0.2, -0.15) is 0 Å². The molecule has 0 aliphatic rings. The molecule has 0 radical (unpaired) electrons. The largest absolute Gasteiger partial charge is 0.504 e. The molecule has 1 N–H and O–H groups in total. The number of hydrogen-bond acceptors (Lipinski definition) is 4. The topological polar surface area (TPSA) is 55.8 Å². The molecule has 0 spiro atoms. The Morgan fingerprint density at radius 2 is 2.12 bits per heavy atom. The Morgan fingerprint density at radius 3 is 2.69 bits per heavy atom. The normalized spacial score (nSPS) is 11.9. The second-order valence-corrected chi connectivity index (χ2v) is 3.63. The fraction of sp³-hybridized carbons (Fsp3) is 0.417. The minimum absolute atomic E-state index is 0.0944. The van der Waals surface area contributed by atoms with Crippen LogP contribution in [0.1, 0.15) is 12.5 Å². The summed E-state index contributed by atoms with van der Waals surface area (Å²) in [5.41, 5.74) is 0.924. The number of hydrogen-bond donors (Lipinski definition) is 1. The van der Waals surface area contributed by atoms with E-state index in [-0.39, 0.29) is 17.6 Å². The number of benzene rings is 1. The van der Waals surface area contributed by atoms with Crippen molar-refractivity contribution in [3.63, 3.8) is 0 Å². The van der Waals surface area contributed by atoms with E-state index >= 15 is 0 Å². The molecule has 4 heteroatoms. The van der Waals surface area contributed by atoms with Crippen molar-refractivity contribution in [1.82, 2.24) is 0 Å². The summed E-state index contributed by atoms with van der Waals surface area (Å²) in [5, 5.41) is 9.41. The number of esters is 1. The van der Waals surface area contributed by atoms with Crippen LogP contribution in [0.4, 0.5) is 0 Å². The van der Waals surface area contributed by atoms with Crippen molar-refractivity contribution in [2.24, 2.45) is 5.92 Å². The van der Waals surface area contributed by atoms with E-state index < -0.39 is 0 Å². The summed E-state index contributed by atoms with van der Waals surface area (Å²) in [6, 6.07) is 5.03. The first-order valence-electron chi connectivity index (χ1n) is 5.02. The second-order valence-electron chi connectivity index (χ2n) is 3.63. The van der Waals surface area contributed by atoms with E-state index in [1.165, 1.54) is 14.2 Å². The van der Waals surface area contributed by atoms with Gasteiger partial charge in [0.15, 0.2) is 11.5 Å². The van der Waals surface area contributed by atoms with Crippen LogP contribution in [0, 0.1) is 5.92 Å². The zero-order chi connectivity index (χ0) is 12.1. The van der Waals surface area contributed by atoms with Crippen LogP contribution in [-0.2, 0) is 16.0 Å². The van der Waals surface area contributed by atoms with Crippen molar-refractivity contribution < 1.29 is 19.4 Å². The Hall–Kier alpha value is -1.71. The van der Waals surface area contributed by atoms with Crippen molar-refractivity contribution in [2.45, 2.75) is 13.3 Å². The molecule has 0 aromatic heterocycles. The van der Waals surface area contributed by atoms with E-state index in [2.05, 4.69) is 4.74 Å². The molecule has 1 rings (SSSR count). The van der Waals surface area contributed by atoms with E-state index in [0.29, 0.717) is 12.2 Å². The molecule has 88 valence electrons. The van der Waals surface area contributed by atoms with Crippen LogP contribution >= 0.6 is 0 Å². The number of methoxy groups -OCH3 is 2. The Morgan fingerprint density at radius 1 is 1.44 bits per heavy atom. The highest BCUT2D eigenvalue weighted by Crippen LogP contribution is 2.27. The van der Waals surface area contributed by atoms with Crippen LogP contribution in [0.25, 0.3) is 0 Å². The van der Waals surface area contributed by atoms with Crippen LogP contribution in [0.5, 0.6) is 11.5 Å². The zero-order valence-electron chi connectivity index (χ0n) is 9.69. The van der Waals surface area contributed by atoms with E-state index in [0.717, 1.165) is 5.56 Å². The molecule has 1 atom stereocenters. The molecule has 0 saturated carbocycles. The van der Waals surface area contributed by atoms with Crippen LogP contribution in [0.15, 0.2) is 18.2 Å². The van der Waals surface area contributed by atoms with Gasteiger partial charge in [-0.3, -0.25) is 4.79 Å². The summed E-state index contributed by atoms with van der Waals surface area (Å²) in [5.74, 6) is 0.0535. The monoisotopic (exact) mass is 224 g/mol. The number of carbonyl (C=O) groups excluding carboxylic acids is 1. The first-order chi connectivity index (χ1) is 7.58. The van der Waals surface area contributed by atoms with Gasteiger partial charge in [-0.05, 0) is 24.1 Å². The van der Waals surface area contributed by atoms with Gasteiger partial charge in [0.2, 0.25) is 0 Å². The number of phenolic OH excluding ortho intramolecular Hbond substituents is 1. The quantitative estimate of drug-likeness (QED) is 0.792. The van der Waals surface area contributed by atoms with Gasteiger partial charge in [-0.15, -0.1) is 0 Å². The SMILES string of the molecule is COC(=O)C(C)Cc1ccc(O)c(OC)c1. The summed E-state index contributed by atoms with van der Waals surface area (Å²) in [6.45, 7) is 1.80. The number of rotatable bonds is 4. The molecule has 0 fully saturated rings. The molecular weight excluding hydrogens is 208 g/mol. The Kier molecular flexibility index (Phi) is 4.17. The number of carbonyl (C=O) groups is 1. The van der Waals surface area contributed by atoms with Gasteiger partial charge in [0.05, 0.1) is 20.1 Å². The second kappa shape index (κ2) is 5.39. The van der Waals surface area contributed by atoms with Gasteiger partial charge in [0.1, 0.15) is 0 Å². The molecule has 0 amide bonds. The van der Waals surface area contributed by atoms with Crippen LogP contribution in [0.2, 0.25) is 0 Å². The van der Waals surface area contributed by atoms with Gasteiger partial charge in [0, 0.05) is 0 Å². The minimum atomic E-state index is -0.243. The van der Waals surface area contributed by atoms with E-state index in [4.69, 9.17) is 4.74 Å². The van der Waals surface area contributed by atoms with Gasteiger partial charge in [0.25, 0.3) is 0 Å². The third-order valence-corrected chi connectivity index (χ3v) is 2.39. The van der Waals surface area contributed by atoms with Crippen molar-refractivity contribution in [1.29, 1.82) is 0 Å². The van der Waals surface area contributed by atoms with E-state index in [9.17, 15) is 9.90 Å². The zero-order valence-corrected chi connectivity index (χ0v) is 9.69. The summed E-state index contributed by atoms with van der Waals surface area (Å²) < 4.78 is 9.63. The summed E-state index contributed by atoms with van der Waals surface area (Å²) in [7, 11) is 2.86. The lowest BCUT2D eigenvalue weighted by Gasteiger charge is -2.10. The number of ether oxygens (including phenoxy) is 2. The number of phenols is 1. The Labute approximate surface area is 94.8 Å². The highest BCUT2D eigenvalue weighted by atomic mass is 16.5. The molecule has 0 bridgehead atoms. The van der Waals surface area contributed by atoms with Crippen LogP contribution in [0.3, 0.4) is 0 Å². The van der Waals surface area contributed by atoms with Gasteiger partial charge >= 0.3 is 5.97 Å². The Bertz CT molecular complexity index is 373. The highest BCUT2D eigenvalue weighted by molar-refractivity contribution is 5.72. The van der Waals surface area contributed by atoms with Crippen molar-refractivity contribution >= 4 is 5.97 Å². The predicted octanol–water partition coefficient (Wildman–Crippen LogP) is 1.75. The van der Waals surface area contributed by atoms with Gasteiger partial charge in [-0.1, -0.05) is 13.0 Å². The average molecular weight is 224 g/mol. The molecule has 1 aromatic rings. The molecule has 16 heavy (non-hydrogen) atoms. The lowest BCUT2D eigenvalue weighted by molar-refractivity contribution is -0.144. The first kappa shape index (κ1) is 12.4. The molecule has 0 heterocycles. The fourth-order valence-electron chi connectivity index (χ4n) is 1.49. The molecule has 1 unspecified atom stereocenters. The van der Waals surface area contributed by atoms with Gasteiger partial charge < -0.3 is 14.6 Å². The van der Waals surface area contributed by atoms with Crippen LogP contribution in [-0.4, -0.2) is 25.3 Å². The van der Waals surface area contributed by atoms with Crippen molar-refractivity contribution in [3.8, 4) is 11.5 Å². The maximum Gasteiger partial charge on any atom is 0.308 e. The van der Waals surface area contributed by atoms with Crippen LogP contribution < -0.4 is 4.74 Å². The van der Waals surface area contributed by atoms with Gasteiger partial charge in [-0.25, -0.2) is 0 Å².